The molecule has 19 heavy (non-hydrogen) atoms. The molecule has 5 nitrogen and oxygen atoms in total. The highest BCUT2D eigenvalue weighted by Crippen LogP contribution is 2.05. The first-order chi connectivity index (χ1) is 9.10. The Balaban J connectivity index is 3.65. The minimum Gasteiger partial charge on any atom is -0.382 e. The van der Waals surface area contributed by atoms with Gasteiger partial charge in [0.05, 0.1) is 19.8 Å². The molecule has 0 aromatic heterocycles. The molecule has 0 amide bonds. The van der Waals surface area contributed by atoms with E-state index < -0.39 is 0 Å². The highest BCUT2D eigenvalue weighted by Gasteiger charge is 2.05. The van der Waals surface area contributed by atoms with Crippen LogP contribution in [0.5, 0.6) is 0 Å². The summed E-state index contributed by atoms with van der Waals surface area (Å²) in [6.45, 7) is 9.36. The van der Waals surface area contributed by atoms with Crippen LogP contribution >= 0.6 is 0 Å². The fourth-order valence-electron chi connectivity index (χ4n) is 1.57. The summed E-state index contributed by atoms with van der Waals surface area (Å²) < 4.78 is 10.3. The molecule has 1 unspecified atom stereocenters. The Bertz CT molecular complexity index is 233. The first kappa shape index (κ1) is 18.2. The molecular formula is C14H31N3O2. The Kier molecular flexibility index (Phi) is 11.7. The van der Waals surface area contributed by atoms with E-state index in [9.17, 15) is 0 Å². The number of methoxy groups -OCH3 is 1. The van der Waals surface area contributed by atoms with Gasteiger partial charge in [0.2, 0.25) is 0 Å². The first-order valence-electron chi connectivity index (χ1n) is 7.14. The summed E-state index contributed by atoms with van der Waals surface area (Å²) in [5.74, 6) is 1.58. The SMILES string of the molecule is CN=C(NCCOCCOC)NC(C)CCC(C)C. The van der Waals surface area contributed by atoms with E-state index in [2.05, 4.69) is 36.4 Å². The average Bonchev–Trinajstić information content (AvgIpc) is 2.39. The van der Waals surface area contributed by atoms with Crippen molar-refractivity contribution in [3.05, 3.63) is 0 Å². The minimum atomic E-state index is 0.433. The van der Waals surface area contributed by atoms with Crippen molar-refractivity contribution in [3.63, 3.8) is 0 Å². The van der Waals surface area contributed by atoms with Crippen LogP contribution in [0.2, 0.25) is 0 Å². The van der Waals surface area contributed by atoms with Crippen LogP contribution < -0.4 is 10.6 Å². The molecule has 1 atom stereocenters. The van der Waals surface area contributed by atoms with Gasteiger partial charge >= 0.3 is 0 Å². The van der Waals surface area contributed by atoms with Gasteiger partial charge in [-0.1, -0.05) is 13.8 Å². The molecule has 114 valence electrons. The van der Waals surface area contributed by atoms with Crippen molar-refractivity contribution in [1.82, 2.24) is 10.6 Å². The average molecular weight is 273 g/mol. The van der Waals surface area contributed by atoms with Gasteiger partial charge < -0.3 is 20.1 Å². The zero-order chi connectivity index (χ0) is 14.5. The van der Waals surface area contributed by atoms with Gasteiger partial charge in [-0.2, -0.15) is 0 Å². The molecule has 0 saturated carbocycles. The van der Waals surface area contributed by atoms with E-state index in [0.29, 0.717) is 25.9 Å². The number of hydrogen-bond donors (Lipinski definition) is 2. The maximum atomic E-state index is 5.38. The maximum absolute atomic E-state index is 5.38. The fraction of sp³-hybridized carbons (Fsp3) is 0.929. The Hall–Kier alpha value is -0.810. The van der Waals surface area contributed by atoms with Crippen molar-refractivity contribution in [2.24, 2.45) is 10.9 Å². The molecule has 0 fully saturated rings. The number of nitrogens with one attached hydrogen (secondary N) is 2. The second-order valence-corrected chi connectivity index (χ2v) is 5.12. The summed E-state index contributed by atoms with van der Waals surface area (Å²) in [6.07, 6.45) is 2.38. The van der Waals surface area contributed by atoms with Crippen molar-refractivity contribution >= 4 is 5.96 Å². The van der Waals surface area contributed by atoms with E-state index in [4.69, 9.17) is 9.47 Å². The Morgan fingerprint density at radius 1 is 1.11 bits per heavy atom. The van der Waals surface area contributed by atoms with Gasteiger partial charge in [-0.3, -0.25) is 4.99 Å². The van der Waals surface area contributed by atoms with Crippen LogP contribution in [0.1, 0.15) is 33.6 Å². The molecule has 0 aliphatic carbocycles. The molecule has 0 aliphatic heterocycles. The molecule has 0 bridgehead atoms. The largest absolute Gasteiger partial charge is 0.382 e. The van der Waals surface area contributed by atoms with Gasteiger partial charge in [0.15, 0.2) is 5.96 Å². The molecule has 0 saturated heterocycles. The van der Waals surface area contributed by atoms with Gasteiger partial charge in [-0.15, -0.1) is 0 Å². The third-order valence-corrected chi connectivity index (χ3v) is 2.75. The minimum absolute atomic E-state index is 0.433. The monoisotopic (exact) mass is 273 g/mol. The van der Waals surface area contributed by atoms with E-state index in [1.165, 1.54) is 6.42 Å². The molecule has 5 heteroatoms. The van der Waals surface area contributed by atoms with Gasteiger partial charge in [0, 0.05) is 26.7 Å². The van der Waals surface area contributed by atoms with E-state index >= 15 is 0 Å². The maximum Gasteiger partial charge on any atom is 0.191 e. The highest BCUT2D eigenvalue weighted by molar-refractivity contribution is 5.79. The summed E-state index contributed by atoms with van der Waals surface area (Å²) in [5, 5.41) is 6.62. The van der Waals surface area contributed by atoms with Crippen LogP contribution in [-0.2, 0) is 9.47 Å². The van der Waals surface area contributed by atoms with Crippen molar-refractivity contribution in [2.75, 3.05) is 40.5 Å². The molecule has 0 aromatic carbocycles. The molecular weight excluding hydrogens is 242 g/mol. The summed E-state index contributed by atoms with van der Waals surface area (Å²) in [4.78, 5) is 4.20. The quantitative estimate of drug-likeness (QED) is 0.361. The van der Waals surface area contributed by atoms with Crippen molar-refractivity contribution < 1.29 is 9.47 Å². The lowest BCUT2D eigenvalue weighted by molar-refractivity contribution is 0.0733. The van der Waals surface area contributed by atoms with E-state index in [1.54, 1.807) is 14.2 Å². The van der Waals surface area contributed by atoms with Crippen molar-refractivity contribution in [1.29, 1.82) is 0 Å². The van der Waals surface area contributed by atoms with Gasteiger partial charge in [0.1, 0.15) is 0 Å². The topological polar surface area (TPSA) is 54.9 Å². The summed E-state index contributed by atoms with van der Waals surface area (Å²) in [5.41, 5.74) is 0. The lowest BCUT2D eigenvalue weighted by Crippen LogP contribution is -2.43. The lowest BCUT2D eigenvalue weighted by Gasteiger charge is -2.18. The Morgan fingerprint density at radius 2 is 1.84 bits per heavy atom. The number of aliphatic imine (C=N–C) groups is 1. The molecule has 2 N–H and O–H groups in total. The normalized spacial score (nSPS) is 13.7. The molecule has 0 rings (SSSR count). The second-order valence-electron chi connectivity index (χ2n) is 5.12. The third-order valence-electron chi connectivity index (χ3n) is 2.75. The van der Waals surface area contributed by atoms with Gasteiger partial charge in [-0.05, 0) is 25.7 Å². The van der Waals surface area contributed by atoms with Crippen LogP contribution in [0.3, 0.4) is 0 Å². The molecule has 0 aliphatic rings. The third kappa shape index (κ3) is 12.0. The predicted octanol–water partition coefficient (Wildman–Crippen LogP) is 1.64. The van der Waals surface area contributed by atoms with Crippen LogP contribution in [0.15, 0.2) is 4.99 Å². The fourth-order valence-corrected chi connectivity index (χ4v) is 1.57. The van der Waals surface area contributed by atoms with E-state index in [1.807, 2.05) is 0 Å². The van der Waals surface area contributed by atoms with Crippen molar-refractivity contribution in [3.8, 4) is 0 Å². The molecule has 0 spiro atoms. The standard InChI is InChI=1S/C14H31N3O2/c1-12(2)6-7-13(3)17-14(15-4)16-8-9-19-11-10-18-5/h12-13H,6-11H2,1-5H3,(H2,15,16,17). The van der Waals surface area contributed by atoms with Crippen molar-refractivity contribution in [2.45, 2.75) is 39.7 Å². The first-order valence-corrected chi connectivity index (χ1v) is 7.14. The molecule has 0 radical (unpaired) electrons. The number of rotatable bonds is 10. The number of hydrogen-bond acceptors (Lipinski definition) is 3. The zero-order valence-corrected chi connectivity index (χ0v) is 13.2. The number of guanidine groups is 1. The Morgan fingerprint density at radius 3 is 2.42 bits per heavy atom. The molecule has 0 heterocycles. The summed E-state index contributed by atoms with van der Waals surface area (Å²) in [7, 11) is 3.46. The zero-order valence-electron chi connectivity index (χ0n) is 13.2. The second kappa shape index (κ2) is 12.2. The smallest absolute Gasteiger partial charge is 0.191 e. The van der Waals surface area contributed by atoms with Crippen LogP contribution in [0.25, 0.3) is 0 Å². The Labute approximate surface area is 118 Å². The van der Waals surface area contributed by atoms with E-state index in [0.717, 1.165) is 24.8 Å². The van der Waals surface area contributed by atoms with Gasteiger partial charge in [0.25, 0.3) is 0 Å². The van der Waals surface area contributed by atoms with Crippen LogP contribution in [-0.4, -0.2) is 52.5 Å². The highest BCUT2D eigenvalue weighted by atomic mass is 16.5. The lowest BCUT2D eigenvalue weighted by atomic mass is 10.0. The predicted molar refractivity (Wildman–Crippen MR) is 80.7 cm³/mol. The summed E-state index contributed by atoms with van der Waals surface area (Å²) >= 11 is 0. The van der Waals surface area contributed by atoms with Crippen LogP contribution in [0.4, 0.5) is 0 Å². The van der Waals surface area contributed by atoms with E-state index in [-0.39, 0.29) is 0 Å². The molecule has 0 aromatic rings. The number of ether oxygens (including phenoxy) is 2. The van der Waals surface area contributed by atoms with Gasteiger partial charge in [-0.25, -0.2) is 0 Å². The summed E-state index contributed by atoms with van der Waals surface area (Å²) in [6, 6.07) is 0.433. The van der Waals surface area contributed by atoms with Crippen LogP contribution in [0, 0.1) is 5.92 Å². The number of nitrogens with zero attached hydrogens (tertiary/aromatic N) is 1.